The predicted molar refractivity (Wildman–Crippen MR) is 280 cm³/mol. The predicted octanol–water partition coefficient (Wildman–Crippen LogP) is 9.85. The highest BCUT2D eigenvalue weighted by Crippen LogP contribution is 2.72. The third-order valence-electron chi connectivity index (χ3n) is 16.0. The van der Waals surface area contributed by atoms with Crippen molar-refractivity contribution in [2.24, 2.45) is 16.2 Å². The molecule has 0 spiro atoms. The summed E-state index contributed by atoms with van der Waals surface area (Å²) in [6.07, 6.45) is 8.53. The molecule has 10 rings (SSSR count). The van der Waals surface area contributed by atoms with E-state index in [9.17, 15) is 22.8 Å². The number of fused-ring (bicyclic) bond motifs is 2. The van der Waals surface area contributed by atoms with E-state index in [1.54, 1.807) is 12.3 Å². The van der Waals surface area contributed by atoms with Gasteiger partial charge < -0.3 is 18.8 Å². The molecule has 380 valence electrons. The van der Waals surface area contributed by atoms with Crippen LogP contribution in [0.4, 0.5) is 10.9 Å². The first-order valence-electron chi connectivity index (χ1n) is 24.9. The summed E-state index contributed by atoms with van der Waals surface area (Å²) in [6, 6.07) is 17.1. The number of hydrogen-bond donors (Lipinski definition) is 2. The van der Waals surface area contributed by atoms with Crippen LogP contribution >= 0.6 is 11.3 Å². The maximum Gasteiger partial charge on any atom is 0.305 e. The molecule has 4 bridgehead atoms. The van der Waals surface area contributed by atoms with Crippen LogP contribution in [0.15, 0.2) is 60.8 Å². The second-order valence-corrected chi connectivity index (χ2v) is 30.9. The molecule has 4 fully saturated rings. The zero-order valence-corrected chi connectivity index (χ0v) is 45.3. The van der Waals surface area contributed by atoms with Gasteiger partial charge in [-0.3, -0.25) is 24.4 Å². The summed E-state index contributed by atoms with van der Waals surface area (Å²) >= 11 is 1.41. The molecule has 2 atom stereocenters. The van der Waals surface area contributed by atoms with Crippen molar-refractivity contribution in [2.75, 3.05) is 42.8 Å². The second-order valence-electron chi connectivity index (χ2n) is 23.2. The molecule has 0 radical (unpaired) electrons. The molecular weight excluding hydrogens is 955 g/mol. The van der Waals surface area contributed by atoms with Gasteiger partial charge >= 0.3 is 5.97 Å². The van der Waals surface area contributed by atoms with E-state index in [-0.39, 0.29) is 51.3 Å². The van der Waals surface area contributed by atoms with E-state index in [1.807, 2.05) is 60.4 Å². The number of carbonyl (C=O) groups is 3. The Morgan fingerprint density at radius 1 is 0.887 bits per heavy atom. The summed E-state index contributed by atoms with van der Waals surface area (Å²) in [4.78, 5) is 51.6. The Kier molecular flexibility index (Phi) is 13.5. The first-order valence-corrected chi connectivity index (χ1v) is 30.2. The van der Waals surface area contributed by atoms with Crippen LogP contribution in [0, 0.1) is 23.2 Å². The number of ether oxygens (including phenoxy) is 2. The number of methoxy groups -OCH3 is 1. The molecule has 3 aromatic heterocycles. The Morgan fingerprint density at radius 2 is 1.63 bits per heavy atom. The van der Waals surface area contributed by atoms with Crippen LogP contribution in [0.25, 0.3) is 21.3 Å². The summed E-state index contributed by atoms with van der Waals surface area (Å²) < 4.78 is 50.4. The molecule has 5 aliphatic rings. The molecule has 4 saturated carbocycles. The van der Waals surface area contributed by atoms with Crippen molar-refractivity contribution >= 4 is 68.6 Å². The van der Waals surface area contributed by atoms with Crippen LogP contribution in [-0.4, -0.2) is 92.5 Å². The Morgan fingerprint density at radius 3 is 2.35 bits per heavy atom. The van der Waals surface area contributed by atoms with E-state index in [2.05, 4.69) is 67.4 Å². The van der Waals surface area contributed by atoms with Gasteiger partial charge in [-0.2, -0.15) is 5.10 Å². The largest absolute Gasteiger partial charge is 0.469 e. The monoisotopic (exact) mass is 1020 g/mol. The number of esters is 1. The standard InChI is InChI=1S/C53H69N7O8S2Si/c1-35-39(26-54-60(35)34-52-29-50(5)28-51(6,30-52)32-53(31-50,33-52)67-23-24-68-71(8,9)49(2,3)4)37-19-20-43(56-45(37)47(63)58-70(64,65)25-13-18-44(61)66-7)59-22-21-36-14-12-15-38(40(36)27-59)46(62)57-48-55-41-16-10-11-17-42(41)69-48/h10-12,14-17,19-20,26H,13,18,21-25,27-34H2,1-9H3,(H,58,63)(H,55,57,62). The molecular formula is C53H69N7O8S2Si. The van der Waals surface area contributed by atoms with Crippen LogP contribution in [0.5, 0.6) is 0 Å². The number of nitrogens with zero attached hydrogens (tertiary/aromatic N) is 5. The molecule has 4 aliphatic carbocycles. The lowest BCUT2D eigenvalue weighted by Crippen LogP contribution is -2.64. The van der Waals surface area contributed by atoms with Gasteiger partial charge in [0, 0.05) is 48.4 Å². The summed E-state index contributed by atoms with van der Waals surface area (Å²) in [5.74, 6) is -1.71. The van der Waals surface area contributed by atoms with E-state index in [0.29, 0.717) is 66.9 Å². The van der Waals surface area contributed by atoms with Crippen molar-refractivity contribution in [1.82, 2.24) is 24.5 Å². The lowest BCUT2D eigenvalue weighted by molar-refractivity contribution is -0.249. The number of sulfonamides is 1. The minimum atomic E-state index is -4.18. The van der Waals surface area contributed by atoms with Crippen molar-refractivity contribution in [3.63, 3.8) is 0 Å². The highest BCUT2D eigenvalue weighted by molar-refractivity contribution is 7.90. The van der Waals surface area contributed by atoms with Gasteiger partial charge in [0.1, 0.15) is 11.5 Å². The molecule has 5 aromatic rings. The molecule has 2 unspecified atom stereocenters. The average Bonchev–Trinajstić information content (AvgIpc) is 3.86. The maximum atomic E-state index is 14.4. The number of hydrogen-bond acceptors (Lipinski definition) is 13. The number of para-hydroxylation sites is 1. The number of amides is 2. The summed E-state index contributed by atoms with van der Waals surface area (Å²) in [5.41, 5.74) is 5.00. The van der Waals surface area contributed by atoms with Crippen molar-refractivity contribution in [3.8, 4) is 11.1 Å². The fourth-order valence-corrected chi connectivity index (χ4v) is 15.8. The molecule has 2 N–H and O–H groups in total. The number of aromatic nitrogens is 4. The van der Waals surface area contributed by atoms with Gasteiger partial charge in [0.25, 0.3) is 11.8 Å². The number of rotatable bonds is 17. The molecule has 15 nitrogen and oxygen atoms in total. The Labute approximate surface area is 423 Å². The lowest BCUT2D eigenvalue weighted by atomic mass is 9.39. The van der Waals surface area contributed by atoms with Gasteiger partial charge in [-0.1, -0.05) is 70.2 Å². The summed E-state index contributed by atoms with van der Waals surface area (Å²) in [5, 5.41) is 8.62. The number of nitrogens with one attached hydrogen (secondary N) is 2. The summed E-state index contributed by atoms with van der Waals surface area (Å²) in [7, 11) is -4.86. The quantitative estimate of drug-likeness (QED) is 0.0512. The van der Waals surface area contributed by atoms with Crippen molar-refractivity contribution in [3.05, 3.63) is 88.9 Å². The molecule has 2 amide bonds. The van der Waals surface area contributed by atoms with Crippen LogP contribution in [-0.2, 0) is 48.2 Å². The first-order chi connectivity index (χ1) is 33.4. The number of thiazole rings is 1. The minimum absolute atomic E-state index is 0.0273. The van der Waals surface area contributed by atoms with E-state index in [1.165, 1.54) is 24.9 Å². The normalized spacial score (nSPS) is 24.0. The maximum absolute atomic E-state index is 14.4. The van der Waals surface area contributed by atoms with Crippen molar-refractivity contribution < 1.29 is 36.7 Å². The molecule has 1 aliphatic heterocycles. The van der Waals surface area contributed by atoms with Gasteiger partial charge in [0.15, 0.2) is 13.4 Å². The zero-order valence-electron chi connectivity index (χ0n) is 42.7. The number of benzene rings is 2. The topological polar surface area (TPSA) is 184 Å². The zero-order chi connectivity index (χ0) is 50.8. The molecule has 2 aromatic carbocycles. The van der Waals surface area contributed by atoms with Gasteiger partial charge in [-0.05, 0) is 134 Å². The first kappa shape index (κ1) is 50.9. The fourth-order valence-electron chi connectivity index (χ4n) is 13.0. The van der Waals surface area contributed by atoms with Crippen molar-refractivity contribution in [1.29, 1.82) is 0 Å². The average molecular weight is 1020 g/mol. The Hall–Kier alpha value is -5.01. The number of anilines is 2. The van der Waals surface area contributed by atoms with E-state index < -0.39 is 36.0 Å². The van der Waals surface area contributed by atoms with Crippen LogP contribution < -0.4 is 14.9 Å². The smallest absolute Gasteiger partial charge is 0.305 e. The fraction of sp³-hybridized carbons (Fsp3) is 0.547. The highest BCUT2D eigenvalue weighted by Gasteiger charge is 2.66. The van der Waals surface area contributed by atoms with E-state index in [4.69, 9.17) is 24.0 Å². The van der Waals surface area contributed by atoms with Gasteiger partial charge in [-0.15, -0.1) is 0 Å². The van der Waals surface area contributed by atoms with Gasteiger partial charge in [0.2, 0.25) is 10.0 Å². The van der Waals surface area contributed by atoms with E-state index in [0.717, 1.165) is 59.1 Å². The van der Waals surface area contributed by atoms with Crippen LogP contribution in [0.2, 0.25) is 18.1 Å². The molecule has 0 saturated heterocycles. The Bertz CT molecular complexity index is 2950. The Balaban J connectivity index is 0.991. The number of pyridine rings is 1. The molecule has 18 heteroatoms. The third-order valence-corrected chi connectivity index (χ3v) is 22.8. The lowest BCUT2D eigenvalue weighted by Gasteiger charge is -2.69. The van der Waals surface area contributed by atoms with Crippen LogP contribution in [0.1, 0.15) is 124 Å². The minimum Gasteiger partial charge on any atom is -0.469 e. The van der Waals surface area contributed by atoms with Crippen LogP contribution in [0.3, 0.4) is 0 Å². The number of carbonyl (C=O) groups excluding carboxylic acids is 3. The third kappa shape index (κ3) is 10.6. The highest BCUT2D eigenvalue weighted by atomic mass is 32.2. The second kappa shape index (κ2) is 18.8. The molecule has 4 heterocycles. The molecule has 71 heavy (non-hydrogen) atoms. The van der Waals surface area contributed by atoms with Crippen molar-refractivity contribution in [2.45, 2.75) is 136 Å². The SMILES string of the molecule is COC(=O)CCCS(=O)(=O)NC(=O)c1nc(N2CCc3cccc(C(=O)Nc4nc5ccccc5s4)c3C2)ccc1-c1cnn(CC23CC4(C)CC(C)(C2)CC(OCCO[Si](C)(C)C(C)(C)C)(C4)C3)c1C. The van der Waals surface area contributed by atoms with Gasteiger partial charge in [0.05, 0.1) is 48.1 Å². The van der Waals surface area contributed by atoms with Gasteiger partial charge in [-0.25, -0.2) is 23.1 Å². The van der Waals surface area contributed by atoms with E-state index >= 15 is 0 Å². The summed E-state index contributed by atoms with van der Waals surface area (Å²) in [6.45, 7) is 20.9.